The van der Waals surface area contributed by atoms with Crippen LogP contribution in [0.2, 0.25) is 0 Å². The second kappa shape index (κ2) is 44.3. The SMILES string of the molecule is CC/C=C\C/C=C\C/C=C\C/C=C\C/C=C\CCCC(=O)OCC(COC(=O)CCCCCCC/C=C\CCC)OC(=O)CCCCCCC/C=C\CCCC. The van der Waals surface area contributed by atoms with Gasteiger partial charge in [0.1, 0.15) is 13.2 Å². The second-order valence-electron chi connectivity index (χ2n) is 14.6. The van der Waals surface area contributed by atoms with Crippen molar-refractivity contribution in [2.24, 2.45) is 0 Å². The number of hydrogen-bond donors (Lipinski definition) is 0. The van der Waals surface area contributed by atoms with Crippen LogP contribution in [0.5, 0.6) is 0 Å². The van der Waals surface area contributed by atoms with Crippen molar-refractivity contribution in [2.75, 3.05) is 13.2 Å². The number of ether oxygens (including phenoxy) is 3. The smallest absolute Gasteiger partial charge is 0.306 e. The quantitative estimate of drug-likeness (QED) is 0.0268. The molecule has 0 aromatic carbocycles. The summed E-state index contributed by atoms with van der Waals surface area (Å²) < 4.78 is 16.6. The number of carbonyl (C=O) groups excluding carboxylic acids is 3. The van der Waals surface area contributed by atoms with Gasteiger partial charge in [0, 0.05) is 19.3 Å². The van der Waals surface area contributed by atoms with Crippen molar-refractivity contribution in [1.82, 2.24) is 0 Å². The Morgan fingerprint density at radius 1 is 0.375 bits per heavy atom. The van der Waals surface area contributed by atoms with Crippen LogP contribution in [0, 0.1) is 0 Å². The summed E-state index contributed by atoms with van der Waals surface area (Å²) >= 11 is 0. The van der Waals surface area contributed by atoms with Gasteiger partial charge >= 0.3 is 17.9 Å². The van der Waals surface area contributed by atoms with Crippen LogP contribution < -0.4 is 0 Å². The molecule has 318 valence electrons. The van der Waals surface area contributed by atoms with Gasteiger partial charge in [0.25, 0.3) is 0 Å². The molecule has 0 bridgehead atoms. The highest BCUT2D eigenvalue weighted by molar-refractivity contribution is 5.71. The third-order valence-corrected chi connectivity index (χ3v) is 9.08. The Kier molecular flexibility index (Phi) is 41.6. The highest BCUT2D eigenvalue weighted by atomic mass is 16.6. The highest BCUT2D eigenvalue weighted by Crippen LogP contribution is 2.12. The summed E-state index contributed by atoms with van der Waals surface area (Å²) in [6, 6.07) is 0. The molecule has 56 heavy (non-hydrogen) atoms. The van der Waals surface area contributed by atoms with Crippen LogP contribution in [-0.2, 0) is 28.6 Å². The normalized spacial score (nSPS) is 12.8. The zero-order valence-corrected chi connectivity index (χ0v) is 36.1. The fourth-order valence-electron chi connectivity index (χ4n) is 5.69. The van der Waals surface area contributed by atoms with E-state index in [1.165, 1.54) is 38.5 Å². The zero-order chi connectivity index (χ0) is 40.8. The molecule has 0 aromatic heterocycles. The average molecular weight is 779 g/mol. The van der Waals surface area contributed by atoms with Crippen LogP contribution in [0.3, 0.4) is 0 Å². The third-order valence-electron chi connectivity index (χ3n) is 9.08. The first-order valence-corrected chi connectivity index (χ1v) is 22.6. The molecule has 6 heteroatoms. The van der Waals surface area contributed by atoms with Gasteiger partial charge in [-0.2, -0.15) is 0 Å². The Labute approximate surface area is 344 Å². The van der Waals surface area contributed by atoms with Crippen LogP contribution in [0.1, 0.15) is 194 Å². The van der Waals surface area contributed by atoms with Crippen LogP contribution in [0.15, 0.2) is 85.1 Å². The van der Waals surface area contributed by atoms with Gasteiger partial charge in [0.2, 0.25) is 0 Å². The van der Waals surface area contributed by atoms with Gasteiger partial charge in [-0.25, -0.2) is 0 Å². The van der Waals surface area contributed by atoms with E-state index >= 15 is 0 Å². The molecule has 0 aliphatic carbocycles. The van der Waals surface area contributed by atoms with E-state index in [1.807, 2.05) is 0 Å². The average Bonchev–Trinajstić information content (AvgIpc) is 3.19. The molecule has 1 unspecified atom stereocenters. The van der Waals surface area contributed by atoms with Crippen molar-refractivity contribution in [3.8, 4) is 0 Å². The summed E-state index contributed by atoms with van der Waals surface area (Å²) in [7, 11) is 0. The first kappa shape index (κ1) is 52.6. The molecule has 0 N–H and O–H groups in total. The van der Waals surface area contributed by atoms with Gasteiger partial charge in [-0.15, -0.1) is 0 Å². The van der Waals surface area contributed by atoms with Crippen LogP contribution in [0.4, 0.5) is 0 Å². The van der Waals surface area contributed by atoms with Crippen molar-refractivity contribution in [3.63, 3.8) is 0 Å². The molecule has 0 heterocycles. The van der Waals surface area contributed by atoms with E-state index in [2.05, 4.69) is 106 Å². The van der Waals surface area contributed by atoms with E-state index in [0.717, 1.165) is 109 Å². The molecule has 0 rings (SSSR count). The van der Waals surface area contributed by atoms with E-state index < -0.39 is 6.10 Å². The van der Waals surface area contributed by atoms with Crippen molar-refractivity contribution >= 4 is 17.9 Å². The first-order chi connectivity index (χ1) is 27.5. The van der Waals surface area contributed by atoms with Gasteiger partial charge in [-0.05, 0) is 96.3 Å². The summed E-state index contributed by atoms with van der Waals surface area (Å²) in [5.74, 6) is -0.994. The van der Waals surface area contributed by atoms with Gasteiger partial charge in [-0.1, -0.05) is 164 Å². The molecule has 0 saturated carbocycles. The van der Waals surface area contributed by atoms with Crippen molar-refractivity contribution in [1.29, 1.82) is 0 Å². The monoisotopic (exact) mass is 779 g/mol. The maximum atomic E-state index is 12.7. The number of rotatable bonds is 39. The van der Waals surface area contributed by atoms with E-state index in [9.17, 15) is 14.4 Å². The summed E-state index contributed by atoms with van der Waals surface area (Å²) in [6.45, 7) is 6.33. The van der Waals surface area contributed by atoms with E-state index in [0.29, 0.717) is 19.3 Å². The lowest BCUT2D eigenvalue weighted by molar-refractivity contribution is -0.167. The Morgan fingerprint density at radius 2 is 0.750 bits per heavy atom. The Balaban J connectivity index is 4.48. The Morgan fingerprint density at radius 3 is 1.25 bits per heavy atom. The molecule has 0 aliphatic rings. The molecule has 0 aliphatic heterocycles. The van der Waals surface area contributed by atoms with Gasteiger partial charge < -0.3 is 14.2 Å². The number of allylic oxidation sites excluding steroid dienone is 14. The van der Waals surface area contributed by atoms with Crippen molar-refractivity contribution in [3.05, 3.63) is 85.1 Å². The molecule has 1 atom stereocenters. The first-order valence-electron chi connectivity index (χ1n) is 22.6. The minimum Gasteiger partial charge on any atom is -0.462 e. The van der Waals surface area contributed by atoms with Crippen LogP contribution >= 0.6 is 0 Å². The minimum atomic E-state index is -0.804. The number of esters is 3. The van der Waals surface area contributed by atoms with Crippen LogP contribution in [0.25, 0.3) is 0 Å². The highest BCUT2D eigenvalue weighted by Gasteiger charge is 2.19. The third kappa shape index (κ3) is 41.7. The lowest BCUT2D eigenvalue weighted by Gasteiger charge is -2.18. The molecular formula is C50H82O6. The Bertz CT molecular complexity index is 1120. The summed E-state index contributed by atoms with van der Waals surface area (Å²) in [5.41, 5.74) is 0. The molecule has 0 fully saturated rings. The van der Waals surface area contributed by atoms with Crippen molar-refractivity contribution < 1.29 is 28.6 Å². The van der Waals surface area contributed by atoms with E-state index in [4.69, 9.17) is 14.2 Å². The summed E-state index contributed by atoms with van der Waals surface area (Å²) in [5, 5.41) is 0. The lowest BCUT2D eigenvalue weighted by atomic mass is 10.1. The Hall–Kier alpha value is -3.41. The topological polar surface area (TPSA) is 78.9 Å². The second-order valence-corrected chi connectivity index (χ2v) is 14.6. The molecule has 0 aromatic rings. The largest absolute Gasteiger partial charge is 0.462 e. The van der Waals surface area contributed by atoms with E-state index in [-0.39, 0.29) is 37.5 Å². The van der Waals surface area contributed by atoms with Gasteiger partial charge in [-0.3, -0.25) is 14.4 Å². The fourth-order valence-corrected chi connectivity index (χ4v) is 5.69. The lowest BCUT2D eigenvalue weighted by Crippen LogP contribution is -2.30. The predicted octanol–water partition coefficient (Wildman–Crippen LogP) is 14.5. The standard InChI is InChI=1S/C50H82O6/c1-4-7-10-13-16-19-22-23-24-25-26-27-29-31-34-37-40-43-49(52)55-46-47(45-54-48(51)42-39-36-33-30-21-18-15-12-9-6-3)56-50(53)44-41-38-35-32-28-20-17-14-11-8-5-2/h7,10,12,14-17,19,23-24,26-27,31,34,47H,4-6,8-9,11,13,18,20-22,25,28-30,32-33,35-46H2,1-3H3/b10-7-,15-12-,17-14-,19-16-,24-23-,27-26-,34-31-. The van der Waals surface area contributed by atoms with Gasteiger partial charge in [0.05, 0.1) is 0 Å². The maximum Gasteiger partial charge on any atom is 0.306 e. The minimum absolute atomic E-state index is 0.103. The molecule has 6 nitrogen and oxygen atoms in total. The predicted molar refractivity (Wildman–Crippen MR) is 237 cm³/mol. The summed E-state index contributed by atoms with van der Waals surface area (Å²) in [6.07, 6.45) is 55.7. The molecule has 0 radical (unpaired) electrons. The van der Waals surface area contributed by atoms with E-state index in [1.54, 1.807) is 0 Å². The van der Waals surface area contributed by atoms with Gasteiger partial charge in [0.15, 0.2) is 6.10 Å². The fraction of sp³-hybridized carbons (Fsp3) is 0.660. The summed E-state index contributed by atoms with van der Waals surface area (Å²) in [4.78, 5) is 37.7. The number of unbranched alkanes of at least 4 members (excludes halogenated alkanes) is 14. The molecule has 0 amide bonds. The molecule has 0 saturated heterocycles. The van der Waals surface area contributed by atoms with Crippen LogP contribution in [-0.4, -0.2) is 37.2 Å². The van der Waals surface area contributed by atoms with Crippen molar-refractivity contribution in [2.45, 2.75) is 200 Å². The number of carbonyl (C=O) groups is 3. The zero-order valence-electron chi connectivity index (χ0n) is 36.1. The number of hydrogen-bond acceptors (Lipinski definition) is 6. The molecule has 0 spiro atoms. The maximum absolute atomic E-state index is 12.7. The molecular weight excluding hydrogens is 697 g/mol.